The number of ether oxygens (including phenoxy) is 6. The number of carbonyl (C=O) groups excluding carboxylic acids is 2. The number of likely N-dealkylation sites (N-methyl/N-ethyl adjacent to an activating group) is 1. The molecule has 0 radical (unpaired) electrons. The molecule has 65 heavy (non-hydrogen) atoms. The van der Waals surface area contributed by atoms with E-state index in [4.69, 9.17) is 28.4 Å². The van der Waals surface area contributed by atoms with Gasteiger partial charge in [-0.1, -0.05) is 67.3 Å². The van der Waals surface area contributed by atoms with Gasteiger partial charge in [-0.05, 0) is 87.9 Å². The third-order valence-electron chi connectivity index (χ3n) is 13.5. The average Bonchev–Trinajstić information content (AvgIpc) is 3.89. The smallest absolute Gasteiger partial charge is 0.408 e. The Kier molecular flexibility index (Phi) is 11.9. The van der Waals surface area contributed by atoms with Crippen LogP contribution in [0.1, 0.15) is 83.3 Å². The second-order valence-corrected chi connectivity index (χ2v) is 19.5. The zero-order valence-electron chi connectivity index (χ0n) is 37.9. The molecule has 4 heterocycles. The minimum absolute atomic E-state index is 0.0193. The summed E-state index contributed by atoms with van der Waals surface area (Å²) in [5.74, 6) is 2.46. The summed E-state index contributed by atoms with van der Waals surface area (Å²) in [5, 5.41) is 26.0. The van der Waals surface area contributed by atoms with Crippen molar-refractivity contribution in [2.24, 2.45) is 0 Å². The molecule has 5 aliphatic rings. The van der Waals surface area contributed by atoms with Crippen molar-refractivity contribution in [3.63, 3.8) is 0 Å². The Morgan fingerprint density at radius 1 is 1.03 bits per heavy atom. The van der Waals surface area contributed by atoms with Crippen LogP contribution in [0.2, 0.25) is 0 Å². The van der Waals surface area contributed by atoms with Crippen LogP contribution in [0.25, 0.3) is 11.1 Å². The van der Waals surface area contributed by atoms with Crippen LogP contribution in [-0.2, 0) is 27.1 Å². The number of aromatic hydroxyl groups is 1. The predicted octanol–water partition coefficient (Wildman–Crippen LogP) is 8.06. The third kappa shape index (κ3) is 7.71. The fraction of sp³-hybridized carbons (Fsp3) is 0.431. The molecule has 13 nitrogen and oxygen atoms in total. The standard InChI is InChI=1S/C51H56N4O9S/c1-9-18-60-46-28(3)47-48(63-26-62-47)42-34(46)21-38-43-41-29(19-27(2)45(59-8)44(41)56)20-37(54(43)7)39(22-52)55(38)40(42)23-61-49(57)36(53-50(58)64-51(4,5)6)25-65-24-35-32-16-12-10-14-30(32)31-15-11-13-17-33(31)35/h9-17,19,35-40,43,56H,1,18,20-21,23-26H2,2-8H3,(H,53,58)/t36-,37+,38?,39+,40+,43+/m1/s1. The van der Waals surface area contributed by atoms with Crippen LogP contribution in [0.5, 0.6) is 28.7 Å². The monoisotopic (exact) mass is 900 g/mol. The number of fused-ring (bicyclic) bond motifs is 12. The summed E-state index contributed by atoms with van der Waals surface area (Å²) in [7, 11) is 3.55. The van der Waals surface area contributed by atoms with Gasteiger partial charge in [0.1, 0.15) is 36.6 Å². The number of esters is 1. The number of nitrogens with zero attached hydrogens (tertiary/aromatic N) is 3. The van der Waals surface area contributed by atoms with Crippen molar-refractivity contribution >= 4 is 23.8 Å². The fourth-order valence-corrected chi connectivity index (χ4v) is 12.1. The second kappa shape index (κ2) is 17.5. The predicted molar refractivity (Wildman–Crippen MR) is 247 cm³/mol. The number of alkyl carbamates (subject to hydrolysis) is 1. The minimum atomic E-state index is -1.08. The number of phenolic OH excluding ortho intramolecular Hbond substituents is 1. The Bertz CT molecular complexity index is 2560. The van der Waals surface area contributed by atoms with E-state index in [9.17, 15) is 20.0 Å². The maximum Gasteiger partial charge on any atom is 0.408 e. The molecule has 340 valence electrons. The molecule has 0 saturated carbocycles. The number of phenols is 1. The molecule has 4 aromatic rings. The number of aryl methyl sites for hydroxylation is 1. The number of hydrogen-bond donors (Lipinski definition) is 2. The first-order valence-corrected chi connectivity index (χ1v) is 23.3. The van der Waals surface area contributed by atoms with Gasteiger partial charge in [-0.15, -0.1) is 0 Å². The van der Waals surface area contributed by atoms with Crippen LogP contribution >= 0.6 is 11.8 Å². The third-order valence-corrected chi connectivity index (χ3v) is 14.6. The summed E-state index contributed by atoms with van der Waals surface area (Å²) in [6, 6.07) is 17.9. The lowest BCUT2D eigenvalue weighted by Crippen LogP contribution is -2.68. The Labute approximate surface area is 384 Å². The van der Waals surface area contributed by atoms with Crippen molar-refractivity contribution in [3.05, 3.63) is 112 Å². The van der Waals surface area contributed by atoms with Gasteiger partial charge in [0.15, 0.2) is 23.0 Å². The Hall–Kier alpha value is -5.88. The van der Waals surface area contributed by atoms with Gasteiger partial charge in [0, 0.05) is 51.8 Å². The number of carbonyl (C=O) groups is 2. The first-order valence-electron chi connectivity index (χ1n) is 22.1. The molecule has 2 bridgehead atoms. The number of benzene rings is 4. The lowest BCUT2D eigenvalue weighted by atomic mass is 9.71. The number of amides is 1. The molecule has 4 aromatic carbocycles. The minimum Gasteiger partial charge on any atom is -0.504 e. The van der Waals surface area contributed by atoms with Gasteiger partial charge in [-0.25, -0.2) is 9.59 Å². The van der Waals surface area contributed by atoms with Gasteiger partial charge >= 0.3 is 12.1 Å². The number of methoxy groups -OCH3 is 1. The van der Waals surface area contributed by atoms with E-state index in [1.165, 1.54) is 22.3 Å². The molecule has 14 heteroatoms. The molecule has 2 N–H and O–H groups in total. The van der Waals surface area contributed by atoms with Gasteiger partial charge < -0.3 is 38.8 Å². The first-order chi connectivity index (χ1) is 31.3. The van der Waals surface area contributed by atoms with Gasteiger partial charge in [0.2, 0.25) is 6.79 Å². The SMILES string of the molecule is C=CCOc1c(C)c2c(c3c1CC1[C@H]4c5c(cc(C)c(OC)c5O)C[C@@H]([C@H](C#N)N1[C@H]3COC(=O)[C@@H](CSCC1c3ccccc3-c3ccccc31)NC(=O)OC(C)(C)C)N4C)OCO2. The summed E-state index contributed by atoms with van der Waals surface area (Å²) >= 11 is 1.56. The molecule has 1 saturated heterocycles. The van der Waals surface area contributed by atoms with Crippen LogP contribution in [0.3, 0.4) is 0 Å². The van der Waals surface area contributed by atoms with E-state index in [0.717, 1.165) is 27.8 Å². The summed E-state index contributed by atoms with van der Waals surface area (Å²) in [6.45, 7) is 13.1. The molecular formula is C51H56N4O9S. The van der Waals surface area contributed by atoms with Crippen molar-refractivity contribution in [1.82, 2.24) is 15.1 Å². The number of thioether (sulfide) groups is 1. The Morgan fingerprint density at radius 3 is 2.38 bits per heavy atom. The summed E-state index contributed by atoms with van der Waals surface area (Å²) in [4.78, 5) is 32.4. The van der Waals surface area contributed by atoms with Crippen LogP contribution in [-0.4, -0.2) is 102 Å². The van der Waals surface area contributed by atoms with Crippen molar-refractivity contribution in [2.45, 2.75) is 95.2 Å². The number of nitrogens with one attached hydrogen (secondary N) is 1. The van der Waals surface area contributed by atoms with Crippen molar-refractivity contribution < 1.29 is 43.1 Å². The Morgan fingerprint density at radius 2 is 1.72 bits per heavy atom. The molecule has 9 rings (SSSR count). The molecule has 0 spiro atoms. The van der Waals surface area contributed by atoms with E-state index in [1.807, 2.05) is 45.2 Å². The zero-order chi connectivity index (χ0) is 45.9. The maximum absolute atomic E-state index is 14.7. The molecule has 6 atom stereocenters. The summed E-state index contributed by atoms with van der Waals surface area (Å²) in [5.41, 5.74) is 8.88. The van der Waals surface area contributed by atoms with Crippen molar-refractivity contribution in [3.8, 4) is 45.9 Å². The highest BCUT2D eigenvalue weighted by molar-refractivity contribution is 7.99. The number of rotatable bonds is 12. The van der Waals surface area contributed by atoms with Gasteiger partial charge in [0.25, 0.3) is 0 Å². The molecule has 1 amide bonds. The molecule has 4 aliphatic heterocycles. The van der Waals surface area contributed by atoms with E-state index >= 15 is 0 Å². The molecule has 1 fully saturated rings. The topological polar surface area (TPSA) is 152 Å². The second-order valence-electron chi connectivity index (χ2n) is 18.4. The molecule has 0 aromatic heterocycles. The van der Waals surface area contributed by atoms with E-state index in [-0.39, 0.29) is 43.5 Å². The fourth-order valence-electron chi connectivity index (χ4n) is 11.0. The van der Waals surface area contributed by atoms with Gasteiger partial charge in [0.05, 0.1) is 25.3 Å². The highest BCUT2D eigenvalue weighted by atomic mass is 32.2. The van der Waals surface area contributed by atoms with Crippen LogP contribution in [0, 0.1) is 25.2 Å². The number of hydrogen-bond acceptors (Lipinski definition) is 13. The maximum atomic E-state index is 14.7. The van der Waals surface area contributed by atoms with Gasteiger partial charge in [-0.3, -0.25) is 9.80 Å². The highest BCUT2D eigenvalue weighted by Gasteiger charge is 2.57. The number of piperazine rings is 1. The van der Waals surface area contributed by atoms with Crippen molar-refractivity contribution in [2.75, 3.05) is 45.7 Å². The average molecular weight is 901 g/mol. The number of nitriles is 1. The van der Waals surface area contributed by atoms with Crippen LogP contribution in [0.15, 0.2) is 67.3 Å². The van der Waals surface area contributed by atoms with Crippen LogP contribution < -0.4 is 24.3 Å². The van der Waals surface area contributed by atoms with Crippen molar-refractivity contribution in [1.29, 1.82) is 5.26 Å². The molecular weight excluding hydrogens is 845 g/mol. The quantitative estimate of drug-likeness (QED) is 0.104. The zero-order valence-corrected chi connectivity index (χ0v) is 38.8. The lowest BCUT2D eigenvalue weighted by Gasteiger charge is -2.59. The summed E-state index contributed by atoms with van der Waals surface area (Å²) in [6.07, 6.45) is 1.85. The van der Waals surface area contributed by atoms with E-state index < -0.39 is 47.9 Å². The highest BCUT2D eigenvalue weighted by Crippen LogP contribution is 2.58. The van der Waals surface area contributed by atoms with Gasteiger partial charge in [-0.2, -0.15) is 17.0 Å². The summed E-state index contributed by atoms with van der Waals surface area (Å²) < 4.78 is 36.6. The normalized spacial score (nSPS) is 22.0. The largest absolute Gasteiger partial charge is 0.504 e. The lowest BCUT2D eigenvalue weighted by molar-refractivity contribution is -0.151. The molecule has 1 aliphatic carbocycles. The molecule has 1 unspecified atom stereocenters. The Balaban J connectivity index is 1.08. The van der Waals surface area contributed by atoms with E-state index in [1.54, 1.807) is 45.7 Å². The van der Waals surface area contributed by atoms with E-state index in [0.29, 0.717) is 47.2 Å². The van der Waals surface area contributed by atoms with E-state index in [2.05, 4.69) is 58.1 Å². The van der Waals surface area contributed by atoms with Crippen LogP contribution in [0.4, 0.5) is 4.79 Å². The first kappa shape index (κ1) is 44.3.